The van der Waals surface area contributed by atoms with Crippen molar-refractivity contribution in [2.45, 2.75) is 45.7 Å². The van der Waals surface area contributed by atoms with Crippen LogP contribution in [0.3, 0.4) is 0 Å². The van der Waals surface area contributed by atoms with E-state index in [4.69, 9.17) is 0 Å². The van der Waals surface area contributed by atoms with Gasteiger partial charge in [0.15, 0.2) is 0 Å². The SMILES string of the molecule is CC1CCC(NCc2cc([N+](=O)[O-])c(F)cc2F)C(C)C1. The Morgan fingerprint density at radius 2 is 2.00 bits per heavy atom. The summed E-state index contributed by atoms with van der Waals surface area (Å²) < 4.78 is 27.0. The van der Waals surface area contributed by atoms with Gasteiger partial charge in [0.2, 0.25) is 5.82 Å². The van der Waals surface area contributed by atoms with Crippen molar-refractivity contribution < 1.29 is 13.7 Å². The Morgan fingerprint density at radius 3 is 2.62 bits per heavy atom. The minimum atomic E-state index is -1.14. The average molecular weight is 298 g/mol. The Balaban J connectivity index is 2.06. The number of nitro benzene ring substituents is 1. The van der Waals surface area contributed by atoms with Crippen LogP contribution in [-0.4, -0.2) is 11.0 Å². The van der Waals surface area contributed by atoms with Crippen LogP contribution in [0.25, 0.3) is 0 Å². The molecule has 2 rings (SSSR count). The molecule has 1 fully saturated rings. The predicted octanol–water partition coefficient (Wildman–Crippen LogP) is 3.79. The van der Waals surface area contributed by atoms with Crippen molar-refractivity contribution in [1.82, 2.24) is 5.32 Å². The molecule has 0 radical (unpaired) electrons. The highest BCUT2D eigenvalue weighted by Crippen LogP contribution is 2.29. The molecule has 0 aliphatic heterocycles. The smallest absolute Gasteiger partial charge is 0.305 e. The molecule has 0 amide bonds. The molecule has 0 saturated heterocycles. The number of hydrogen-bond donors (Lipinski definition) is 1. The molecule has 0 aromatic heterocycles. The van der Waals surface area contributed by atoms with Gasteiger partial charge in [-0.2, -0.15) is 4.39 Å². The third kappa shape index (κ3) is 3.75. The van der Waals surface area contributed by atoms with E-state index >= 15 is 0 Å². The molecule has 1 N–H and O–H groups in total. The molecular formula is C15H20F2N2O2. The normalized spacial score (nSPS) is 25.8. The summed E-state index contributed by atoms with van der Waals surface area (Å²) in [6.45, 7) is 4.54. The Bertz CT molecular complexity index is 537. The molecule has 21 heavy (non-hydrogen) atoms. The Kier molecular flexibility index (Phi) is 4.88. The second-order valence-electron chi connectivity index (χ2n) is 6.04. The first-order valence-corrected chi connectivity index (χ1v) is 7.24. The van der Waals surface area contributed by atoms with Crippen LogP contribution in [0.1, 0.15) is 38.7 Å². The first-order valence-electron chi connectivity index (χ1n) is 7.24. The van der Waals surface area contributed by atoms with E-state index in [1.54, 1.807) is 0 Å². The second kappa shape index (κ2) is 6.47. The van der Waals surface area contributed by atoms with Crippen molar-refractivity contribution in [2.75, 3.05) is 0 Å². The summed E-state index contributed by atoms with van der Waals surface area (Å²) in [5.41, 5.74) is -0.549. The summed E-state index contributed by atoms with van der Waals surface area (Å²) >= 11 is 0. The van der Waals surface area contributed by atoms with E-state index < -0.39 is 22.2 Å². The van der Waals surface area contributed by atoms with Crippen molar-refractivity contribution in [2.24, 2.45) is 11.8 Å². The molecule has 6 heteroatoms. The van der Waals surface area contributed by atoms with Gasteiger partial charge in [0.1, 0.15) is 5.82 Å². The Morgan fingerprint density at radius 1 is 1.29 bits per heavy atom. The fourth-order valence-electron chi connectivity index (χ4n) is 3.07. The minimum Gasteiger partial charge on any atom is -0.310 e. The number of hydrogen-bond acceptors (Lipinski definition) is 3. The predicted molar refractivity (Wildman–Crippen MR) is 75.8 cm³/mol. The van der Waals surface area contributed by atoms with E-state index in [1.165, 1.54) is 0 Å². The van der Waals surface area contributed by atoms with E-state index in [-0.39, 0.29) is 18.2 Å². The van der Waals surface area contributed by atoms with Crippen molar-refractivity contribution in [3.8, 4) is 0 Å². The molecule has 0 heterocycles. The number of nitrogens with zero attached hydrogens (tertiary/aromatic N) is 1. The van der Waals surface area contributed by atoms with Crippen LogP contribution in [0.15, 0.2) is 12.1 Å². The summed E-state index contributed by atoms with van der Waals surface area (Å²) in [6, 6.07) is 1.83. The van der Waals surface area contributed by atoms with Gasteiger partial charge in [0.05, 0.1) is 4.92 Å². The monoisotopic (exact) mass is 298 g/mol. The van der Waals surface area contributed by atoms with Crippen LogP contribution < -0.4 is 5.32 Å². The lowest BCUT2D eigenvalue weighted by molar-refractivity contribution is -0.387. The van der Waals surface area contributed by atoms with Gasteiger partial charge in [-0.25, -0.2) is 4.39 Å². The number of nitrogens with one attached hydrogen (secondary N) is 1. The van der Waals surface area contributed by atoms with Crippen LogP contribution in [0.4, 0.5) is 14.5 Å². The molecule has 0 spiro atoms. The minimum absolute atomic E-state index is 0.133. The standard InChI is InChI=1S/C15H20F2N2O2/c1-9-3-4-14(10(2)5-9)18-8-11-6-15(19(20)21)13(17)7-12(11)16/h6-7,9-10,14,18H,3-5,8H2,1-2H3. The zero-order chi connectivity index (χ0) is 15.6. The van der Waals surface area contributed by atoms with Crippen molar-refractivity contribution in [1.29, 1.82) is 0 Å². The topological polar surface area (TPSA) is 55.2 Å². The maximum absolute atomic E-state index is 13.7. The van der Waals surface area contributed by atoms with E-state index in [0.29, 0.717) is 17.9 Å². The lowest BCUT2D eigenvalue weighted by Crippen LogP contribution is -2.38. The van der Waals surface area contributed by atoms with Gasteiger partial charge in [0, 0.05) is 30.3 Å². The number of halogens is 2. The van der Waals surface area contributed by atoms with Gasteiger partial charge in [-0.05, 0) is 31.1 Å². The highest BCUT2D eigenvalue weighted by atomic mass is 19.1. The van der Waals surface area contributed by atoms with Gasteiger partial charge in [-0.3, -0.25) is 10.1 Å². The van der Waals surface area contributed by atoms with Crippen LogP contribution in [0.2, 0.25) is 0 Å². The summed E-state index contributed by atoms with van der Waals surface area (Å²) in [5, 5.41) is 14.0. The maximum Gasteiger partial charge on any atom is 0.305 e. The molecule has 4 nitrogen and oxygen atoms in total. The second-order valence-corrected chi connectivity index (χ2v) is 6.04. The first kappa shape index (κ1) is 15.8. The quantitative estimate of drug-likeness (QED) is 0.679. The largest absolute Gasteiger partial charge is 0.310 e. The van der Waals surface area contributed by atoms with Crippen molar-refractivity contribution >= 4 is 5.69 Å². The Labute approximate surface area is 122 Å². The molecular weight excluding hydrogens is 278 g/mol. The number of rotatable bonds is 4. The van der Waals surface area contributed by atoms with Crippen LogP contribution in [-0.2, 0) is 6.54 Å². The zero-order valence-electron chi connectivity index (χ0n) is 12.2. The lowest BCUT2D eigenvalue weighted by Gasteiger charge is -2.33. The summed E-state index contributed by atoms with van der Waals surface area (Å²) in [7, 11) is 0. The molecule has 1 aromatic rings. The highest BCUT2D eigenvalue weighted by Gasteiger charge is 2.25. The molecule has 116 valence electrons. The fraction of sp³-hybridized carbons (Fsp3) is 0.600. The zero-order valence-corrected chi connectivity index (χ0v) is 12.2. The van der Waals surface area contributed by atoms with Gasteiger partial charge >= 0.3 is 5.69 Å². The van der Waals surface area contributed by atoms with Crippen molar-refractivity contribution in [3.63, 3.8) is 0 Å². The third-order valence-electron chi connectivity index (χ3n) is 4.30. The van der Waals surface area contributed by atoms with E-state index in [2.05, 4.69) is 19.2 Å². The molecule has 0 bridgehead atoms. The van der Waals surface area contributed by atoms with Crippen LogP contribution >= 0.6 is 0 Å². The summed E-state index contributed by atoms with van der Waals surface area (Å²) in [4.78, 5) is 9.87. The van der Waals surface area contributed by atoms with Crippen LogP contribution in [0, 0.1) is 33.6 Å². The van der Waals surface area contributed by atoms with E-state index in [1.807, 2.05) is 0 Å². The first-order chi connectivity index (χ1) is 9.88. The molecule has 1 saturated carbocycles. The lowest BCUT2D eigenvalue weighted by atomic mass is 9.80. The van der Waals surface area contributed by atoms with Gasteiger partial charge in [-0.1, -0.05) is 13.8 Å². The third-order valence-corrected chi connectivity index (χ3v) is 4.30. The molecule has 1 aliphatic carbocycles. The fourth-order valence-corrected chi connectivity index (χ4v) is 3.07. The molecule has 1 aromatic carbocycles. The van der Waals surface area contributed by atoms with Gasteiger partial charge in [-0.15, -0.1) is 0 Å². The number of benzene rings is 1. The summed E-state index contributed by atoms with van der Waals surface area (Å²) in [6.07, 6.45) is 3.24. The molecule has 3 atom stereocenters. The maximum atomic E-state index is 13.7. The van der Waals surface area contributed by atoms with E-state index in [9.17, 15) is 18.9 Å². The molecule has 3 unspecified atom stereocenters. The van der Waals surface area contributed by atoms with Gasteiger partial charge < -0.3 is 5.32 Å². The summed E-state index contributed by atoms with van der Waals surface area (Å²) in [5.74, 6) is -0.711. The van der Waals surface area contributed by atoms with Gasteiger partial charge in [0.25, 0.3) is 0 Å². The van der Waals surface area contributed by atoms with Crippen LogP contribution in [0.5, 0.6) is 0 Å². The highest BCUT2D eigenvalue weighted by molar-refractivity contribution is 5.37. The van der Waals surface area contributed by atoms with Crippen molar-refractivity contribution in [3.05, 3.63) is 39.4 Å². The average Bonchev–Trinajstić information content (AvgIpc) is 2.39. The van der Waals surface area contributed by atoms with E-state index in [0.717, 1.165) is 25.3 Å². The molecule has 1 aliphatic rings. The number of nitro groups is 1. The Hall–Kier alpha value is -1.56.